The van der Waals surface area contributed by atoms with Gasteiger partial charge in [0, 0.05) is 19.8 Å². The number of nitrogens with zero attached hydrogens (tertiary/aromatic N) is 4. The van der Waals surface area contributed by atoms with Gasteiger partial charge in [-0.1, -0.05) is 19.4 Å². The van der Waals surface area contributed by atoms with Crippen LogP contribution < -0.4 is 4.90 Å². The van der Waals surface area contributed by atoms with Gasteiger partial charge < -0.3 is 4.90 Å². The van der Waals surface area contributed by atoms with Crippen molar-refractivity contribution in [2.45, 2.75) is 26.2 Å². The minimum absolute atomic E-state index is 0.702. The second-order valence-electron chi connectivity index (χ2n) is 5.06. The molecule has 1 aliphatic heterocycles. The smallest absolute Gasteiger partial charge is 0.155 e. The van der Waals surface area contributed by atoms with E-state index in [0.29, 0.717) is 5.56 Å². The van der Waals surface area contributed by atoms with Crippen molar-refractivity contribution < 1.29 is 4.79 Å². The largest absolute Gasteiger partial charge is 0.310 e. The van der Waals surface area contributed by atoms with Crippen molar-refractivity contribution in [2.75, 3.05) is 11.4 Å². The summed E-state index contributed by atoms with van der Waals surface area (Å²) in [6.07, 6.45) is 5.47. The van der Waals surface area contributed by atoms with Crippen LogP contribution in [-0.4, -0.2) is 27.6 Å². The topological polar surface area (TPSA) is 51.0 Å². The van der Waals surface area contributed by atoms with E-state index >= 15 is 0 Å². The standard InChI is InChI=1S/C15H18N4O/c1-3-5-13-12(10-20)15(18(2)17-13)19-9-7-11-6-4-8-16-14(11)19/h4,6,8,10H,3,5,7,9H2,1-2H3. The van der Waals surface area contributed by atoms with Gasteiger partial charge in [-0.05, 0) is 24.5 Å². The molecule has 0 spiro atoms. The first kappa shape index (κ1) is 12.8. The van der Waals surface area contributed by atoms with Crippen LogP contribution in [0.15, 0.2) is 18.3 Å². The number of pyridine rings is 1. The van der Waals surface area contributed by atoms with Crippen LogP contribution >= 0.6 is 0 Å². The lowest BCUT2D eigenvalue weighted by molar-refractivity contribution is 0.112. The molecule has 0 atom stereocenters. The van der Waals surface area contributed by atoms with E-state index in [2.05, 4.69) is 28.0 Å². The molecule has 0 radical (unpaired) electrons. The number of carbonyl (C=O) groups excluding carboxylic acids is 1. The van der Waals surface area contributed by atoms with E-state index in [1.54, 1.807) is 10.9 Å². The van der Waals surface area contributed by atoms with Crippen molar-refractivity contribution in [3.8, 4) is 0 Å². The van der Waals surface area contributed by atoms with Gasteiger partial charge in [0.05, 0.1) is 11.3 Å². The fourth-order valence-electron chi connectivity index (χ4n) is 2.86. The number of hydrogen-bond acceptors (Lipinski definition) is 4. The molecule has 104 valence electrons. The summed E-state index contributed by atoms with van der Waals surface area (Å²) in [5, 5.41) is 4.50. The first-order valence-electron chi connectivity index (χ1n) is 6.98. The average Bonchev–Trinajstić information content (AvgIpc) is 3.00. The van der Waals surface area contributed by atoms with Crippen LogP contribution in [0, 0.1) is 0 Å². The molecule has 2 aromatic rings. The fourth-order valence-corrected chi connectivity index (χ4v) is 2.86. The van der Waals surface area contributed by atoms with Crippen molar-refractivity contribution in [1.29, 1.82) is 0 Å². The Labute approximate surface area is 118 Å². The minimum Gasteiger partial charge on any atom is -0.310 e. The highest BCUT2D eigenvalue weighted by Crippen LogP contribution is 2.34. The normalized spacial score (nSPS) is 13.6. The number of rotatable bonds is 4. The maximum Gasteiger partial charge on any atom is 0.155 e. The third-order valence-corrected chi connectivity index (χ3v) is 3.72. The number of aryl methyl sites for hydroxylation is 2. The lowest BCUT2D eigenvalue weighted by Crippen LogP contribution is -2.19. The second kappa shape index (κ2) is 5.07. The van der Waals surface area contributed by atoms with E-state index in [-0.39, 0.29) is 0 Å². The van der Waals surface area contributed by atoms with Crippen molar-refractivity contribution in [1.82, 2.24) is 14.8 Å². The van der Waals surface area contributed by atoms with Crippen molar-refractivity contribution >= 4 is 17.9 Å². The SMILES string of the molecule is CCCc1nn(C)c(N2CCc3cccnc32)c1C=O. The highest BCUT2D eigenvalue weighted by Gasteiger charge is 2.27. The molecule has 0 unspecified atom stereocenters. The summed E-state index contributed by atoms with van der Waals surface area (Å²) >= 11 is 0. The quantitative estimate of drug-likeness (QED) is 0.800. The van der Waals surface area contributed by atoms with Gasteiger partial charge in [0.1, 0.15) is 11.6 Å². The second-order valence-corrected chi connectivity index (χ2v) is 5.06. The van der Waals surface area contributed by atoms with Gasteiger partial charge in [-0.2, -0.15) is 5.10 Å². The van der Waals surface area contributed by atoms with Crippen LogP contribution in [-0.2, 0) is 19.9 Å². The zero-order chi connectivity index (χ0) is 14.1. The molecule has 0 saturated heterocycles. The van der Waals surface area contributed by atoms with Crippen LogP contribution in [0.25, 0.3) is 0 Å². The molecular weight excluding hydrogens is 252 g/mol. The van der Waals surface area contributed by atoms with E-state index in [4.69, 9.17) is 0 Å². The van der Waals surface area contributed by atoms with Crippen molar-refractivity contribution in [3.05, 3.63) is 35.2 Å². The zero-order valence-corrected chi connectivity index (χ0v) is 11.8. The molecule has 3 heterocycles. The third kappa shape index (κ3) is 1.90. The molecule has 0 saturated carbocycles. The van der Waals surface area contributed by atoms with Gasteiger partial charge >= 0.3 is 0 Å². The molecular formula is C15H18N4O. The molecule has 0 N–H and O–H groups in total. The Bertz CT molecular complexity index is 647. The van der Waals surface area contributed by atoms with E-state index < -0.39 is 0 Å². The summed E-state index contributed by atoms with van der Waals surface area (Å²) in [6, 6.07) is 4.04. The number of fused-ring (bicyclic) bond motifs is 1. The molecule has 2 aromatic heterocycles. The Morgan fingerprint density at radius 3 is 3.05 bits per heavy atom. The maximum absolute atomic E-state index is 11.5. The Kier molecular flexibility index (Phi) is 3.26. The lowest BCUT2D eigenvalue weighted by atomic mass is 10.1. The summed E-state index contributed by atoms with van der Waals surface area (Å²) in [7, 11) is 1.89. The third-order valence-electron chi connectivity index (χ3n) is 3.72. The summed E-state index contributed by atoms with van der Waals surface area (Å²) in [4.78, 5) is 18.1. The fraction of sp³-hybridized carbons (Fsp3) is 0.400. The van der Waals surface area contributed by atoms with Crippen molar-refractivity contribution in [3.63, 3.8) is 0 Å². The van der Waals surface area contributed by atoms with Crippen LogP contribution in [0.4, 0.5) is 11.6 Å². The molecule has 3 rings (SSSR count). The van der Waals surface area contributed by atoms with Crippen LogP contribution in [0.2, 0.25) is 0 Å². The van der Waals surface area contributed by atoms with E-state index in [0.717, 1.165) is 49.4 Å². The van der Waals surface area contributed by atoms with Crippen molar-refractivity contribution in [2.24, 2.45) is 7.05 Å². The highest BCUT2D eigenvalue weighted by atomic mass is 16.1. The zero-order valence-electron chi connectivity index (χ0n) is 11.8. The van der Waals surface area contributed by atoms with E-state index in [1.165, 1.54) is 5.56 Å². The minimum atomic E-state index is 0.702. The maximum atomic E-state index is 11.5. The number of aldehydes is 1. The van der Waals surface area contributed by atoms with Gasteiger partial charge in [0.2, 0.25) is 0 Å². The molecule has 5 nitrogen and oxygen atoms in total. The summed E-state index contributed by atoms with van der Waals surface area (Å²) in [5.41, 5.74) is 2.81. The predicted molar refractivity (Wildman–Crippen MR) is 77.5 cm³/mol. The van der Waals surface area contributed by atoms with Gasteiger partial charge in [0.25, 0.3) is 0 Å². The number of anilines is 2. The van der Waals surface area contributed by atoms with Gasteiger partial charge in [-0.25, -0.2) is 4.98 Å². The summed E-state index contributed by atoms with van der Waals surface area (Å²) in [6.45, 7) is 2.94. The Balaban J connectivity index is 2.09. The lowest BCUT2D eigenvalue weighted by Gasteiger charge is -2.18. The van der Waals surface area contributed by atoms with E-state index in [1.807, 2.05) is 13.1 Å². The monoisotopic (exact) mass is 270 g/mol. The predicted octanol–water partition coefficient (Wildman–Crippen LogP) is 2.27. The Morgan fingerprint density at radius 2 is 2.30 bits per heavy atom. The molecule has 20 heavy (non-hydrogen) atoms. The molecule has 0 aromatic carbocycles. The molecule has 0 fully saturated rings. The first-order valence-corrected chi connectivity index (χ1v) is 6.98. The molecule has 5 heteroatoms. The summed E-state index contributed by atoms with van der Waals surface area (Å²) in [5.74, 6) is 1.81. The number of carbonyl (C=O) groups is 1. The van der Waals surface area contributed by atoms with Gasteiger partial charge in [-0.15, -0.1) is 0 Å². The first-order chi connectivity index (χ1) is 9.76. The molecule has 0 aliphatic carbocycles. The van der Waals surface area contributed by atoms with E-state index in [9.17, 15) is 4.79 Å². The van der Waals surface area contributed by atoms with Gasteiger partial charge in [-0.3, -0.25) is 9.48 Å². The highest BCUT2D eigenvalue weighted by molar-refractivity contribution is 5.87. The van der Waals surface area contributed by atoms with Crippen LogP contribution in [0.5, 0.6) is 0 Å². The number of aromatic nitrogens is 3. The van der Waals surface area contributed by atoms with Crippen LogP contribution in [0.1, 0.15) is 35.0 Å². The molecule has 1 aliphatic rings. The number of hydrogen-bond donors (Lipinski definition) is 0. The molecule has 0 amide bonds. The summed E-state index contributed by atoms with van der Waals surface area (Å²) < 4.78 is 1.80. The Morgan fingerprint density at radius 1 is 1.45 bits per heavy atom. The average molecular weight is 270 g/mol. The van der Waals surface area contributed by atoms with Crippen LogP contribution in [0.3, 0.4) is 0 Å². The molecule has 0 bridgehead atoms. The Hall–Kier alpha value is -2.17. The van der Waals surface area contributed by atoms with Gasteiger partial charge in [0.15, 0.2) is 6.29 Å².